The van der Waals surface area contributed by atoms with Crippen LogP contribution in [-0.4, -0.2) is 36.6 Å². The third-order valence-corrected chi connectivity index (χ3v) is 3.34. The van der Waals surface area contributed by atoms with Crippen LogP contribution in [0, 0.1) is 0 Å². The van der Waals surface area contributed by atoms with E-state index in [9.17, 15) is 4.79 Å². The lowest BCUT2D eigenvalue weighted by Crippen LogP contribution is -2.41. The summed E-state index contributed by atoms with van der Waals surface area (Å²) in [6.07, 6.45) is 1.87. The van der Waals surface area contributed by atoms with E-state index in [0.29, 0.717) is 0 Å². The van der Waals surface area contributed by atoms with Gasteiger partial charge in [-0.1, -0.05) is 24.3 Å². The topological polar surface area (TPSA) is 29.5 Å². The molecule has 0 atom stereocenters. The number of hydrogen-bond acceptors (Lipinski definition) is 3. The molecule has 0 saturated carbocycles. The van der Waals surface area contributed by atoms with E-state index in [4.69, 9.17) is 4.74 Å². The number of carbonyl (C=O) groups excluding carboxylic acids is 1. The molecule has 0 spiro atoms. The Morgan fingerprint density at radius 3 is 2.59 bits per heavy atom. The van der Waals surface area contributed by atoms with Crippen LogP contribution in [-0.2, 0) is 11.2 Å². The maximum Gasteiger partial charge on any atom is 0.150 e. The standard InChI is InChI=1S/C14H19NO2/c1-14(2)10-17-11-15(14)8-7-12-3-5-13(9-16)6-4-12/h3-6,9H,7-8,10-11H2,1-2H3. The molecule has 3 nitrogen and oxygen atoms in total. The van der Waals surface area contributed by atoms with Crippen molar-refractivity contribution in [3.63, 3.8) is 0 Å². The molecule has 0 amide bonds. The normalized spacial score (nSPS) is 19.4. The Morgan fingerprint density at radius 1 is 1.35 bits per heavy atom. The highest BCUT2D eigenvalue weighted by atomic mass is 16.5. The molecule has 1 aromatic carbocycles. The van der Waals surface area contributed by atoms with Gasteiger partial charge in [-0.15, -0.1) is 0 Å². The lowest BCUT2D eigenvalue weighted by Gasteiger charge is -2.28. The van der Waals surface area contributed by atoms with E-state index in [1.54, 1.807) is 0 Å². The maximum absolute atomic E-state index is 10.5. The Labute approximate surface area is 102 Å². The highest BCUT2D eigenvalue weighted by Crippen LogP contribution is 2.21. The molecule has 1 aliphatic heterocycles. The van der Waals surface area contributed by atoms with Crippen LogP contribution in [0.25, 0.3) is 0 Å². The van der Waals surface area contributed by atoms with Crippen LogP contribution in [0.1, 0.15) is 29.8 Å². The summed E-state index contributed by atoms with van der Waals surface area (Å²) >= 11 is 0. The smallest absolute Gasteiger partial charge is 0.150 e. The van der Waals surface area contributed by atoms with E-state index < -0.39 is 0 Å². The Kier molecular flexibility index (Phi) is 3.60. The van der Waals surface area contributed by atoms with Gasteiger partial charge in [-0.25, -0.2) is 0 Å². The SMILES string of the molecule is CC1(C)COCN1CCc1ccc(C=O)cc1. The molecule has 17 heavy (non-hydrogen) atoms. The molecule has 92 valence electrons. The Balaban J connectivity index is 1.91. The number of carbonyl (C=O) groups is 1. The molecule has 0 aliphatic carbocycles. The number of hydrogen-bond donors (Lipinski definition) is 0. The second-order valence-corrected chi connectivity index (χ2v) is 5.16. The van der Waals surface area contributed by atoms with E-state index >= 15 is 0 Å². The molecule has 1 fully saturated rings. The average Bonchev–Trinajstić information content (AvgIpc) is 2.66. The summed E-state index contributed by atoms with van der Waals surface area (Å²) in [6, 6.07) is 7.78. The highest BCUT2D eigenvalue weighted by Gasteiger charge is 2.32. The molecule has 0 unspecified atom stereocenters. The van der Waals surface area contributed by atoms with E-state index in [-0.39, 0.29) is 5.54 Å². The lowest BCUT2D eigenvalue weighted by atomic mass is 10.0. The van der Waals surface area contributed by atoms with Crippen LogP contribution in [0.4, 0.5) is 0 Å². The van der Waals surface area contributed by atoms with E-state index in [1.807, 2.05) is 24.3 Å². The van der Waals surface area contributed by atoms with E-state index in [0.717, 1.165) is 38.2 Å². The molecule has 0 aromatic heterocycles. The summed E-state index contributed by atoms with van der Waals surface area (Å²) in [7, 11) is 0. The number of aldehydes is 1. The van der Waals surface area contributed by atoms with Crippen molar-refractivity contribution in [2.45, 2.75) is 25.8 Å². The van der Waals surface area contributed by atoms with Gasteiger partial charge in [0.2, 0.25) is 0 Å². The van der Waals surface area contributed by atoms with Crippen molar-refractivity contribution in [2.24, 2.45) is 0 Å². The number of rotatable bonds is 4. The molecule has 0 N–H and O–H groups in total. The second-order valence-electron chi connectivity index (χ2n) is 5.16. The quantitative estimate of drug-likeness (QED) is 0.746. The van der Waals surface area contributed by atoms with Crippen molar-refractivity contribution in [3.8, 4) is 0 Å². The Morgan fingerprint density at radius 2 is 2.06 bits per heavy atom. The minimum Gasteiger partial charge on any atom is -0.364 e. The van der Waals surface area contributed by atoms with Gasteiger partial charge in [-0.05, 0) is 25.8 Å². The first kappa shape index (κ1) is 12.3. The third kappa shape index (κ3) is 2.93. The zero-order valence-electron chi connectivity index (χ0n) is 10.5. The summed E-state index contributed by atoms with van der Waals surface area (Å²) < 4.78 is 5.48. The van der Waals surface area contributed by atoms with Crippen LogP contribution in [0.5, 0.6) is 0 Å². The number of nitrogens with zero attached hydrogens (tertiary/aromatic N) is 1. The first-order valence-electron chi connectivity index (χ1n) is 5.99. The van der Waals surface area contributed by atoms with Gasteiger partial charge in [0.05, 0.1) is 13.3 Å². The number of benzene rings is 1. The fourth-order valence-corrected chi connectivity index (χ4v) is 2.07. The summed E-state index contributed by atoms with van der Waals surface area (Å²) in [6.45, 7) is 6.93. The average molecular weight is 233 g/mol. The highest BCUT2D eigenvalue weighted by molar-refractivity contribution is 5.74. The fraction of sp³-hybridized carbons (Fsp3) is 0.500. The van der Waals surface area contributed by atoms with Crippen molar-refractivity contribution < 1.29 is 9.53 Å². The lowest BCUT2D eigenvalue weighted by molar-refractivity contribution is 0.112. The van der Waals surface area contributed by atoms with Crippen LogP contribution in [0.3, 0.4) is 0 Å². The predicted octanol–water partition coefficient (Wildman–Crippen LogP) is 2.11. The molecule has 1 saturated heterocycles. The molecule has 1 aromatic rings. The zero-order valence-corrected chi connectivity index (χ0v) is 10.5. The summed E-state index contributed by atoms with van der Waals surface area (Å²) in [5.41, 5.74) is 2.14. The van der Waals surface area contributed by atoms with Gasteiger partial charge in [0.25, 0.3) is 0 Å². The third-order valence-electron chi connectivity index (χ3n) is 3.34. The predicted molar refractivity (Wildman–Crippen MR) is 67.1 cm³/mol. The molecule has 1 aliphatic rings. The van der Waals surface area contributed by atoms with Crippen LogP contribution >= 0.6 is 0 Å². The summed E-state index contributed by atoms with van der Waals surface area (Å²) in [4.78, 5) is 12.9. The van der Waals surface area contributed by atoms with Crippen LogP contribution in [0.2, 0.25) is 0 Å². The zero-order chi connectivity index (χ0) is 12.3. The van der Waals surface area contributed by atoms with Crippen LogP contribution in [0.15, 0.2) is 24.3 Å². The van der Waals surface area contributed by atoms with Crippen molar-refractivity contribution in [3.05, 3.63) is 35.4 Å². The Bertz CT molecular complexity index is 384. The summed E-state index contributed by atoms with van der Waals surface area (Å²) in [5, 5.41) is 0. The van der Waals surface area contributed by atoms with Gasteiger partial charge in [0, 0.05) is 17.6 Å². The minimum atomic E-state index is 0.142. The summed E-state index contributed by atoms with van der Waals surface area (Å²) in [5.74, 6) is 0. The maximum atomic E-state index is 10.5. The molecule has 2 rings (SSSR count). The van der Waals surface area contributed by atoms with Gasteiger partial charge in [-0.2, -0.15) is 0 Å². The molecule has 0 bridgehead atoms. The molecule has 0 radical (unpaired) electrons. The largest absolute Gasteiger partial charge is 0.364 e. The van der Waals surface area contributed by atoms with Crippen molar-refractivity contribution in [2.75, 3.05) is 19.9 Å². The van der Waals surface area contributed by atoms with Gasteiger partial charge >= 0.3 is 0 Å². The Hall–Kier alpha value is -1.19. The van der Waals surface area contributed by atoms with Gasteiger partial charge in [0.1, 0.15) is 6.29 Å². The first-order chi connectivity index (χ1) is 8.12. The van der Waals surface area contributed by atoms with Gasteiger partial charge in [-0.3, -0.25) is 9.69 Å². The molecule has 3 heteroatoms. The molecule has 1 heterocycles. The fourth-order valence-electron chi connectivity index (χ4n) is 2.07. The second kappa shape index (κ2) is 4.98. The molecular formula is C14H19NO2. The van der Waals surface area contributed by atoms with Gasteiger partial charge in [0.15, 0.2) is 0 Å². The first-order valence-corrected chi connectivity index (χ1v) is 5.99. The molecular weight excluding hydrogens is 214 g/mol. The monoisotopic (exact) mass is 233 g/mol. The van der Waals surface area contributed by atoms with Crippen molar-refractivity contribution in [1.29, 1.82) is 0 Å². The van der Waals surface area contributed by atoms with Crippen molar-refractivity contribution in [1.82, 2.24) is 4.90 Å². The van der Waals surface area contributed by atoms with Crippen molar-refractivity contribution >= 4 is 6.29 Å². The van der Waals surface area contributed by atoms with Gasteiger partial charge < -0.3 is 4.74 Å². The van der Waals surface area contributed by atoms with Crippen LogP contribution < -0.4 is 0 Å². The van der Waals surface area contributed by atoms with E-state index in [1.165, 1.54) is 5.56 Å². The minimum absolute atomic E-state index is 0.142. The van der Waals surface area contributed by atoms with E-state index in [2.05, 4.69) is 18.7 Å². The number of ether oxygens (including phenoxy) is 1.